The second-order valence-electron chi connectivity index (χ2n) is 11.1. The Bertz CT molecular complexity index is 2010. The van der Waals surface area contributed by atoms with Crippen LogP contribution in [0.5, 0.6) is 0 Å². The van der Waals surface area contributed by atoms with E-state index in [1.54, 1.807) is 12.1 Å². The summed E-state index contributed by atoms with van der Waals surface area (Å²) < 4.78 is 6.09. The van der Waals surface area contributed by atoms with Crippen LogP contribution in [0.4, 0.5) is 11.5 Å². The number of likely N-dealkylation sites (tertiary alicyclic amines) is 1. The van der Waals surface area contributed by atoms with Gasteiger partial charge in [-0.25, -0.2) is 9.97 Å². The molecule has 0 spiro atoms. The molecule has 43 heavy (non-hydrogen) atoms. The molecular weight excluding hydrogens is 558 g/mol. The zero-order valence-corrected chi connectivity index (χ0v) is 24.8. The third-order valence-corrected chi connectivity index (χ3v) is 8.59. The summed E-state index contributed by atoms with van der Waals surface area (Å²) in [4.78, 5) is 27.9. The number of nitrogens with one attached hydrogen (secondary N) is 1. The first-order valence-electron chi connectivity index (χ1n) is 14.5. The van der Waals surface area contributed by atoms with Crippen LogP contribution >= 0.6 is 11.6 Å². The van der Waals surface area contributed by atoms with Gasteiger partial charge in [-0.3, -0.25) is 14.7 Å². The van der Waals surface area contributed by atoms with E-state index < -0.39 is 0 Å². The molecule has 6 aromatic rings. The Kier molecular flexibility index (Phi) is 7.13. The number of carbonyl (C=O) groups excluding carboxylic acids is 1. The molecule has 8 heteroatoms. The summed E-state index contributed by atoms with van der Waals surface area (Å²) in [6, 6.07) is 19.8. The number of rotatable bonds is 7. The van der Waals surface area contributed by atoms with Crippen molar-refractivity contribution in [3.8, 4) is 22.6 Å². The number of oxazole rings is 1. The fourth-order valence-corrected chi connectivity index (χ4v) is 6.29. The van der Waals surface area contributed by atoms with E-state index >= 15 is 0 Å². The van der Waals surface area contributed by atoms with Crippen LogP contribution in [0.2, 0.25) is 5.02 Å². The predicted octanol–water partition coefficient (Wildman–Crippen LogP) is 8.53. The third-order valence-electron chi connectivity index (χ3n) is 8.31. The number of anilines is 2. The Hall–Kier alpha value is -4.59. The second kappa shape index (κ2) is 11.2. The summed E-state index contributed by atoms with van der Waals surface area (Å²) in [5.74, 6) is 1.19. The van der Waals surface area contributed by atoms with Crippen LogP contribution in [0.15, 0.2) is 77.5 Å². The topological polar surface area (TPSA) is 84.2 Å². The lowest BCUT2D eigenvalue weighted by Crippen LogP contribution is -2.18. The summed E-state index contributed by atoms with van der Waals surface area (Å²) in [6.07, 6.45) is 7.12. The van der Waals surface area contributed by atoms with E-state index in [9.17, 15) is 4.79 Å². The molecule has 0 aliphatic carbocycles. The first-order valence-corrected chi connectivity index (χ1v) is 14.8. The Morgan fingerprint density at radius 3 is 2.53 bits per heavy atom. The number of pyridine rings is 2. The molecule has 0 amide bonds. The maximum absolute atomic E-state index is 11.3. The van der Waals surface area contributed by atoms with Gasteiger partial charge in [-0.1, -0.05) is 35.9 Å². The Balaban J connectivity index is 1.22. The van der Waals surface area contributed by atoms with Gasteiger partial charge in [0, 0.05) is 41.1 Å². The highest BCUT2D eigenvalue weighted by Gasteiger charge is 2.18. The minimum Gasteiger partial charge on any atom is -0.434 e. The highest BCUT2D eigenvalue weighted by molar-refractivity contribution is 6.35. The minimum absolute atomic E-state index is 0.362. The van der Waals surface area contributed by atoms with Crippen molar-refractivity contribution in [2.75, 3.05) is 18.4 Å². The first kappa shape index (κ1) is 27.3. The molecule has 0 atom stereocenters. The van der Waals surface area contributed by atoms with E-state index in [0.29, 0.717) is 27.6 Å². The number of hydrogen-bond acceptors (Lipinski definition) is 7. The van der Waals surface area contributed by atoms with Crippen LogP contribution in [-0.4, -0.2) is 39.2 Å². The molecule has 1 aliphatic rings. The SMILES string of the molecule is Cc1c(Nc2nccc3cc(CN4CCCC4)cnc23)cccc1-c1cccc(-c2nc3cc(C=O)cc(Cl)c3o2)c1C. The summed E-state index contributed by atoms with van der Waals surface area (Å²) in [5.41, 5.74) is 9.64. The van der Waals surface area contributed by atoms with Crippen LogP contribution in [0.25, 0.3) is 44.6 Å². The van der Waals surface area contributed by atoms with Gasteiger partial charge in [-0.05, 0) is 104 Å². The largest absolute Gasteiger partial charge is 0.434 e. The van der Waals surface area contributed by atoms with Crippen molar-refractivity contribution >= 4 is 51.4 Å². The van der Waals surface area contributed by atoms with Crippen LogP contribution in [0.1, 0.15) is 39.9 Å². The number of halogens is 1. The Labute approximate surface area is 254 Å². The lowest BCUT2D eigenvalue weighted by molar-refractivity contribution is 0.112. The number of aldehydes is 1. The van der Waals surface area contributed by atoms with E-state index in [-0.39, 0.29) is 0 Å². The van der Waals surface area contributed by atoms with Gasteiger partial charge in [0.05, 0.1) is 5.02 Å². The summed E-state index contributed by atoms with van der Waals surface area (Å²) >= 11 is 6.38. The number of benzene rings is 3. The van der Waals surface area contributed by atoms with Crippen LogP contribution in [-0.2, 0) is 6.54 Å². The standard InChI is InChI=1S/C35H30ClN5O2/c1-21-26(7-5-9-28(21)35-40-31-17-23(20-42)16-29(36)33(31)43-35)27-8-6-10-30(22(27)2)39-34-32-25(11-12-37-34)15-24(18-38-32)19-41-13-3-4-14-41/h5-12,15-18,20H,3-4,13-14,19H2,1-2H3,(H,37,39). The molecule has 0 unspecified atom stereocenters. The van der Waals surface area contributed by atoms with Gasteiger partial charge in [0.1, 0.15) is 17.3 Å². The summed E-state index contributed by atoms with van der Waals surface area (Å²) in [7, 11) is 0. The minimum atomic E-state index is 0.362. The Morgan fingerprint density at radius 2 is 1.72 bits per heavy atom. The second-order valence-corrected chi connectivity index (χ2v) is 11.5. The van der Waals surface area contributed by atoms with Crippen molar-refractivity contribution in [2.24, 2.45) is 0 Å². The molecule has 1 saturated heterocycles. The fourth-order valence-electron chi connectivity index (χ4n) is 6.03. The monoisotopic (exact) mass is 587 g/mol. The van der Waals surface area contributed by atoms with E-state index in [2.05, 4.69) is 58.3 Å². The van der Waals surface area contributed by atoms with Gasteiger partial charge in [0.25, 0.3) is 0 Å². The van der Waals surface area contributed by atoms with Crippen LogP contribution < -0.4 is 5.32 Å². The highest BCUT2D eigenvalue weighted by atomic mass is 35.5. The molecule has 1 N–H and O–H groups in total. The quantitative estimate of drug-likeness (QED) is 0.187. The molecule has 7 nitrogen and oxygen atoms in total. The van der Waals surface area contributed by atoms with Gasteiger partial charge >= 0.3 is 0 Å². The molecule has 4 heterocycles. The lowest BCUT2D eigenvalue weighted by atomic mass is 9.93. The van der Waals surface area contributed by atoms with E-state index in [4.69, 9.17) is 21.0 Å². The van der Waals surface area contributed by atoms with Crippen molar-refractivity contribution < 1.29 is 9.21 Å². The van der Waals surface area contributed by atoms with E-state index in [1.807, 2.05) is 36.7 Å². The molecule has 0 radical (unpaired) electrons. The Morgan fingerprint density at radius 1 is 0.953 bits per heavy atom. The number of carbonyl (C=O) groups is 1. The predicted molar refractivity (Wildman–Crippen MR) is 172 cm³/mol. The molecule has 7 rings (SSSR count). The molecule has 1 aliphatic heterocycles. The molecule has 3 aromatic carbocycles. The number of fused-ring (bicyclic) bond motifs is 2. The van der Waals surface area contributed by atoms with Gasteiger partial charge in [0.15, 0.2) is 11.4 Å². The van der Waals surface area contributed by atoms with Gasteiger partial charge in [-0.2, -0.15) is 0 Å². The number of aromatic nitrogens is 3. The van der Waals surface area contributed by atoms with Crippen molar-refractivity contribution in [1.82, 2.24) is 19.9 Å². The van der Waals surface area contributed by atoms with Crippen LogP contribution in [0, 0.1) is 13.8 Å². The molecule has 1 fully saturated rings. The normalized spacial score (nSPS) is 13.7. The third kappa shape index (κ3) is 5.15. The molecular formula is C35H30ClN5O2. The van der Waals surface area contributed by atoms with Gasteiger partial charge in [-0.15, -0.1) is 0 Å². The number of hydrogen-bond donors (Lipinski definition) is 1. The average molecular weight is 588 g/mol. The smallest absolute Gasteiger partial charge is 0.227 e. The molecule has 0 bridgehead atoms. The zero-order chi connectivity index (χ0) is 29.5. The maximum Gasteiger partial charge on any atom is 0.227 e. The highest BCUT2D eigenvalue weighted by Crippen LogP contribution is 2.38. The number of nitrogens with zero attached hydrogens (tertiary/aromatic N) is 4. The fraction of sp³-hybridized carbons (Fsp3) is 0.200. The molecule has 3 aromatic heterocycles. The lowest BCUT2D eigenvalue weighted by Gasteiger charge is -2.17. The molecule has 0 saturated carbocycles. The average Bonchev–Trinajstić information content (AvgIpc) is 3.69. The van der Waals surface area contributed by atoms with Gasteiger partial charge in [0.2, 0.25) is 5.89 Å². The zero-order valence-electron chi connectivity index (χ0n) is 24.0. The van der Waals surface area contributed by atoms with Crippen molar-refractivity contribution in [3.05, 3.63) is 100 Å². The first-order chi connectivity index (χ1) is 21.0. The van der Waals surface area contributed by atoms with Crippen molar-refractivity contribution in [2.45, 2.75) is 33.2 Å². The van der Waals surface area contributed by atoms with Crippen molar-refractivity contribution in [1.29, 1.82) is 0 Å². The summed E-state index contributed by atoms with van der Waals surface area (Å²) in [5, 5.41) is 5.00. The van der Waals surface area contributed by atoms with Crippen LogP contribution in [0.3, 0.4) is 0 Å². The summed E-state index contributed by atoms with van der Waals surface area (Å²) in [6.45, 7) is 7.42. The van der Waals surface area contributed by atoms with Gasteiger partial charge < -0.3 is 9.73 Å². The van der Waals surface area contributed by atoms with E-state index in [1.165, 1.54) is 18.4 Å². The van der Waals surface area contributed by atoms with Crippen molar-refractivity contribution in [3.63, 3.8) is 0 Å². The van der Waals surface area contributed by atoms with E-state index in [0.717, 1.165) is 76.1 Å². The maximum atomic E-state index is 11.3. The molecule has 214 valence electrons.